The van der Waals surface area contributed by atoms with Gasteiger partial charge in [0.15, 0.2) is 0 Å². The molecule has 1 aliphatic rings. The SMILES string of the molecule is CCCCCC1=[C-]Cc2cc3ccccc3cc21.[CH3-].[CH3-].[CH3-].[CH3-].[CH3-].[Hf].c1cc[cH-]c1. The number of hydrogen-bond donors (Lipinski definition) is 0. The van der Waals surface area contributed by atoms with Gasteiger partial charge in [0, 0.05) is 25.8 Å². The van der Waals surface area contributed by atoms with Gasteiger partial charge in [-0.05, 0) is 10.8 Å². The molecule has 0 aromatic heterocycles. The van der Waals surface area contributed by atoms with Crippen LogP contribution < -0.4 is 0 Å². The molecular weight excluding hydrogens is 515 g/mol. The van der Waals surface area contributed by atoms with Crippen molar-refractivity contribution in [3.63, 3.8) is 0 Å². The first-order valence-electron chi connectivity index (χ1n) is 8.67. The maximum Gasteiger partial charge on any atom is 0 e. The summed E-state index contributed by atoms with van der Waals surface area (Å²) in [6.07, 6.45) is 9.68. The van der Waals surface area contributed by atoms with Gasteiger partial charge in [-0.2, -0.15) is 23.8 Å². The first-order valence-corrected chi connectivity index (χ1v) is 8.67. The van der Waals surface area contributed by atoms with E-state index in [0.717, 1.165) is 6.42 Å². The molecule has 0 atom stereocenters. The number of fused-ring (bicyclic) bond motifs is 2. The molecule has 0 saturated carbocycles. The number of unbranched alkanes of at least 4 members (excludes halogenated alkanes) is 2. The smallest absolute Gasteiger partial charge is 0 e. The van der Waals surface area contributed by atoms with Crippen LogP contribution in [0.5, 0.6) is 0 Å². The fourth-order valence-corrected chi connectivity index (χ4v) is 3.11. The third-order valence-corrected chi connectivity index (χ3v) is 4.37. The predicted octanol–water partition coefficient (Wildman–Crippen LogP) is 8.82. The molecule has 162 valence electrons. The van der Waals surface area contributed by atoms with E-state index >= 15 is 0 Å². The monoisotopic (exact) mass is 555 g/mol. The first kappa shape index (κ1) is 35.1. The molecule has 4 rings (SSSR count). The van der Waals surface area contributed by atoms with E-state index in [9.17, 15) is 0 Å². The molecule has 3 aromatic carbocycles. The Morgan fingerprint density at radius 2 is 1.41 bits per heavy atom. The molecule has 0 aliphatic heterocycles. The summed E-state index contributed by atoms with van der Waals surface area (Å²) in [7, 11) is 0. The van der Waals surface area contributed by atoms with E-state index in [2.05, 4.69) is 49.4 Å². The van der Waals surface area contributed by atoms with Crippen molar-refractivity contribution in [2.45, 2.75) is 39.0 Å². The minimum absolute atomic E-state index is 0. The number of benzene rings is 2. The zero-order valence-corrected chi connectivity index (χ0v) is 23.0. The van der Waals surface area contributed by atoms with Gasteiger partial charge >= 0.3 is 0 Å². The van der Waals surface area contributed by atoms with E-state index in [1.807, 2.05) is 30.3 Å². The largest absolute Gasteiger partial charge is 0.358 e. The summed E-state index contributed by atoms with van der Waals surface area (Å²) < 4.78 is 0. The molecule has 0 unspecified atom stereocenters. The van der Waals surface area contributed by atoms with Crippen LogP contribution in [0.2, 0.25) is 0 Å². The van der Waals surface area contributed by atoms with Crippen LogP contribution in [-0.2, 0) is 32.3 Å². The number of rotatable bonds is 4. The Hall–Kier alpha value is -1.34. The molecule has 0 nitrogen and oxygen atoms in total. The molecule has 0 saturated heterocycles. The van der Waals surface area contributed by atoms with Crippen molar-refractivity contribution in [3.05, 3.63) is 121 Å². The summed E-state index contributed by atoms with van der Waals surface area (Å²) in [6, 6.07) is 23.3. The maximum atomic E-state index is 3.57. The molecule has 0 radical (unpaired) electrons. The van der Waals surface area contributed by atoms with E-state index in [0.29, 0.717) is 0 Å². The summed E-state index contributed by atoms with van der Waals surface area (Å²) in [6.45, 7) is 2.26. The molecular formula is C28H39Hf-7. The molecule has 1 heteroatoms. The van der Waals surface area contributed by atoms with Gasteiger partial charge in [0.25, 0.3) is 0 Å². The average molecular weight is 554 g/mol. The normalized spacial score (nSPS) is 9.90. The van der Waals surface area contributed by atoms with Crippen molar-refractivity contribution < 1.29 is 25.8 Å². The Balaban J connectivity index is -0.000000253. The van der Waals surface area contributed by atoms with Crippen LogP contribution >= 0.6 is 0 Å². The van der Waals surface area contributed by atoms with Crippen LogP contribution in [0.4, 0.5) is 0 Å². The second-order valence-corrected chi connectivity index (χ2v) is 6.11. The Bertz CT molecular complexity index is 749. The Morgan fingerprint density at radius 1 is 0.828 bits per heavy atom. The van der Waals surface area contributed by atoms with Crippen LogP contribution in [0.3, 0.4) is 0 Å². The second kappa shape index (κ2) is 18.7. The second-order valence-electron chi connectivity index (χ2n) is 6.11. The summed E-state index contributed by atoms with van der Waals surface area (Å²) in [5, 5.41) is 2.71. The van der Waals surface area contributed by atoms with Gasteiger partial charge in [0.05, 0.1) is 0 Å². The third kappa shape index (κ3) is 9.81. The zero-order valence-electron chi connectivity index (χ0n) is 19.4. The molecule has 3 aromatic rings. The quantitative estimate of drug-likeness (QED) is 0.172. The molecule has 0 amide bonds. The minimum Gasteiger partial charge on any atom is -0.358 e. The third-order valence-electron chi connectivity index (χ3n) is 4.37. The van der Waals surface area contributed by atoms with Gasteiger partial charge in [-0.1, -0.05) is 62.9 Å². The van der Waals surface area contributed by atoms with E-state index in [1.54, 1.807) is 0 Å². The van der Waals surface area contributed by atoms with E-state index in [4.69, 9.17) is 0 Å². The minimum atomic E-state index is 0. The van der Waals surface area contributed by atoms with Crippen molar-refractivity contribution >= 4 is 16.3 Å². The standard InChI is InChI=1S/C18H19.C5H5.5CH3.Hf/c1-2-3-4-7-14-10-11-17-12-15-8-5-6-9-16(15)13-18(14)17;1-2-4-5-3-1;;;;;;/h5-6,8-9,12-13H,2-4,7,11H2,1H3;1-5H;5*1H3;/q7*-1;. The van der Waals surface area contributed by atoms with Gasteiger partial charge in [0.1, 0.15) is 0 Å². The molecule has 0 fully saturated rings. The van der Waals surface area contributed by atoms with Crippen molar-refractivity contribution in [2.24, 2.45) is 0 Å². The molecule has 0 bridgehead atoms. The molecule has 0 N–H and O–H groups in total. The van der Waals surface area contributed by atoms with Gasteiger partial charge < -0.3 is 37.1 Å². The number of hydrogen-bond acceptors (Lipinski definition) is 0. The predicted molar refractivity (Wildman–Crippen MR) is 133 cm³/mol. The molecule has 0 spiro atoms. The van der Waals surface area contributed by atoms with E-state index in [-0.39, 0.29) is 63.0 Å². The summed E-state index contributed by atoms with van der Waals surface area (Å²) in [5.74, 6) is 0. The Kier molecular flexibility index (Phi) is 22.6. The molecule has 0 heterocycles. The van der Waals surface area contributed by atoms with Crippen LogP contribution in [-0.4, -0.2) is 0 Å². The number of allylic oxidation sites excluding steroid dienone is 2. The zero-order chi connectivity index (χ0) is 15.9. The summed E-state index contributed by atoms with van der Waals surface area (Å²) in [4.78, 5) is 0. The van der Waals surface area contributed by atoms with Gasteiger partial charge in [-0.25, -0.2) is 17.7 Å². The van der Waals surface area contributed by atoms with Crippen molar-refractivity contribution in [1.82, 2.24) is 0 Å². The van der Waals surface area contributed by atoms with Crippen LogP contribution in [0.1, 0.15) is 43.7 Å². The van der Waals surface area contributed by atoms with Crippen LogP contribution in [0, 0.1) is 43.2 Å². The first-order chi connectivity index (χ1) is 11.4. The van der Waals surface area contributed by atoms with Crippen LogP contribution in [0.15, 0.2) is 66.7 Å². The Labute approximate surface area is 201 Å². The van der Waals surface area contributed by atoms with Gasteiger partial charge in [-0.15, -0.1) is 18.1 Å². The van der Waals surface area contributed by atoms with E-state index < -0.39 is 0 Å². The average Bonchev–Trinajstić information content (AvgIpc) is 3.27. The van der Waals surface area contributed by atoms with E-state index in [1.165, 1.54) is 53.2 Å². The molecule has 29 heavy (non-hydrogen) atoms. The van der Waals surface area contributed by atoms with Gasteiger partial charge in [-0.3, -0.25) is 6.08 Å². The maximum absolute atomic E-state index is 3.57. The molecule has 1 aliphatic carbocycles. The van der Waals surface area contributed by atoms with Crippen molar-refractivity contribution in [3.8, 4) is 0 Å². The van der Waals surface area contributed by atoms with Crippen molar-refractivity contribution in [1.29, 1.82) is 0 Å². The summed E-state index contributed by atoms with van der Waals surface area (Å²) in [5.41, 5.74) is 4.36. The fraction of sp³-hybridized carbons (Fsp3) is 0.214. The van der Waals surface area contributed by atoms with Crippen LogP contribution in [0.25, 0.3) is 16.3 Å². The van der Waals surface area contributed by atoms with Gasteiger partial charge in [0.2, 0.25) is 0 Å². The Morgan fingerprint density at radius 3 is 1.93 bits per heavy atom. The summed E-state index contributed by atoms with van der Waals surface area (Å²) >= 11 is 0. The van der Waals surface area contributed by atoms with Crippen molar-refractivity contribution in [2.75, 3.05) is 0 Å². The topological polar surface area (TPSA) is 0 Å². The fourth-order valence-electron chi connectivity index (χ4n) is 3.11.